The lowest BCUT2D eigenvalue weighted by atomic mass is 10.3. The smallest absolute Gasteiger partial charge is 0.379 e. The van der Waals surface area contributed by atoms with Crippen molar-refractivity contribution in [3.8, 4) is 0 Å². The van der Waals surface area contributed by atoms with Crippen LogP contribution >= 0.6 is 0 Å². The van der Waals surface area contributed by atoms with Crippen molar-refractivity contribution in [2.75, 3.05) is 39.4 Å². The molecule has 1 aromatic heterocycles. The predicted octanol–water partition coefficient (Wildman–Crippen LogP) is 0.659. The van der Waals surface area contributed by atoms with E-state index < -0.39 is 11.9 Å². The summed E-state index contributed by atoms with van der Waals surface area (Å²) in [5.74, 6) is -0.354. The van der Waals surface area contributed by atoms with E-state index in [1.165, 1.54) is 6.92 Å². The fourth-order valence-corrected chi connectivity index (χ4v) is 2.18. The summed E-state index contributed by atoms with van der Waals surface area (Å²) >= 11 is 0. The number of nitrogens with one attached hydrogen (secondary N) is 1. The van der Waals surface area contributed by atoms with E-state index >= 15 is 0 Å². The number of morpholine rings is 1. The van der Waals surface area contributed by atoms with Crippen LogP contribution in [0.15, 0.2) is 6.07 Å². The molecule has 0 radical (unpaired) electrons. The molecular weight excluding hydrogens is 301 g/mol. The van der Waals surface area contributed by atoms with Crippen LogP contribution in [-0.2, 0) is 22.3 Å². The van der Waals surface area contributed by atoms with Crippen molar-refractivity contribution in [3.05, 3.63) is 17.5 Å². The molecule has 0 unspecified atom stereocenters. The third-order valence-corrected chi connectivity index (χ3v) is 3.42. The van der Waals surface area contributed by atoms with Gasteiger partial charge < -0.3 is 10.1 Å². The molecule has 2 rings (SSSR count). The summed E-state index contributed by atoms with van der Waals surface area (Å²) in [5, 5.41) is 6.11. The maximum absolute atomic E-state index is 12.5. The zero-order valence-corrected chi connectivity index (χ0v) is 12.3. The van der Waals surface area contributed by atoms with E-state index in [1.54, 1.807) is 0 Å². The fraction of sp³-hybridized carbons (Fsp3) is 0.692. The average molecular weight is 320 g/mol. The van der Waals surface area contributed by atoms with Crippen LogP contribution in [0.3, 0.4) is 0 Å². The molecule has 1 amide bonds. The second-order valence-corrected chi connectivity index (χ2v) is 5.13. The quantitative estimate of drug-likeness (QED) is 0.866. The molecule has 1 fully saturated rings. The maximum Gasteiger partial charge on any atom is 0.435 e. The highest BCUT2D eigenvalue weighted by Gasteiger charge is 2.34. The Bertz CT molecular complexity index is 510. The van der Waals surface area contributed by atoms with Crippen molar-refractivity contribution in [1.82, 2.24) is 20.0 Å². The SMILES string of the molecule is Cc1cc(C(F)(F)F)nn1CC(=O)NCCN1CCOCC1. The van der Waals surface area contributed by atoms with Crippen molar-refractivity contribution >= 4 is 5.91 Å². The van der Waals surface area contributed by atoms with Gasteiger partial charge in [-0.25, -0.2) is 0 Å². The van der Waals surface area contributed by atoms with Crippen LogP contribution in [0.2, 0.25) is 0 Å². The van der Waals surface area contributed by atoms with E-state index in [1.807, 2.05) is 0 Å². The Hall–Kier alpha value is -1.61. The lowest BCUT2D eigenvalue weighted by molar-refractivity contribution is -0.141. The summed E-state index contributed by atoms with van der Waals surface area (Å²) in [6, 6.07) is 0.932. The summed E-state index contributed by atoms with van der Waals surface area (Å²) in [7, 11) is 0. The fourth-order valence-electron chi connectivity index (χ4n) is 2.18. The van der Waals surface area contributed by atoms with Gasteiger partial charge in [0.2, 0.25) is 5.91 Å². The topological polar surface area (TPSA) is 59.4 Å². The first-order valence-corrected chi connectivity index (χ1v) is 7.05. The average Bonchev–Trinajstić information content (AvgIpc) is 2.81. The Kier molecular flexibility index (Phi) is 5.41. The number of carbonyl (C=O) groups excluding carboxylic acids is 1. The predicted molar refractivity (Wildman–Crippen MR) is 72.2 cm³/mol. The van der Waals surface area contributed by atoms with Crippen LogP contribution in [-0.4, -0.2) is 60.0 Å². The normalized spacial score (nSPS) is 16.7. The van der Waals surface area contributed by atoms with Gasteiger partial charge >= 0.3 is 6.18 Å². The lowest BCUT2D eigenvalue weighted by Gasteiger charge is -2.26. The van der Waals surface area contributed by atoms with Crippen LogP contribution in [0.4, 0.5) is 13.2 Å². The van der Waals surface area contributed by atoms with Gasteiger partial charge in [-0.05, 0) is 13.0 Å². The number of carbonyl (C=O) groups is 1. The summed E-state index contributed by atoms with van der Waals surface area (Å²) in [5.41, 5.74) is -0.679. The van der Waals surface area contributed by atoms with Crippen molar-refractivity contribution in [2.45, 2.75) is 19.6 Å². The van der Waals surface area contributed by atoms with E-state index in [0.717, 1.165) is 23.8 Å². The first kappa shape index (κ1) is 16.8. The second kappa shape index (κ2) is 7.10. The molecule has 0 saturated carbocycles. The highest BCUT2D eigenvalue weighted by atomic mass is 19.4. The summed E-state index contributed by atoms with van der Waals surface area (Å²) < 4.78 is 43.9. The third-order valence-electron chi connectivity index (χ3n) is 3.42. The molecule has 124 valence electrons. The Morgan fingerprint density at radius 2 is 2.09 bits per heavy atom. The maximum atomic E-state index is 12.5. The molecule has 2 heterocycles. The van der Waals surface area contributed by atoms with Gasteiger partial charge in [-0.1, -0.05) is 0 Å². The molecule has 6 nitrogen and oxygen atoms in total. The van der Waals surface area contributed by atoms with Crippen molar-refractivity contribution in [3.63, 3.8) is 0 Å². The largest absolute Gasteiger partial charge is 0.435 e. The second-order valence-electron chi connectivity index (χ2n) is 5.13. The third kappa shape index (κ3) is 4.70. The number of ether oxygens (including phenoxy) is 1. The van der Waals surface area contributed by atoms with E-state index in [-0.39, 0.29) is 12.5 Å². The summed E-state index contributed by atoms with van der Waals surface area (Å²) in [4.78, 5) is 13.9. The number of alkyl halides is 3. The van der Waals surface area contributed by atoms with Crippen molar-refractivity contribution < 1.29 is 22.7 Å². The Morgan fingerprint density at radius 1 is 1.41 bits per heavy atom. The van der Waals surface area contributed by atoms with E-state index in [2.05, 4.69) is 15.3 Å². The molecule has 9 heteroatoms. The van der Waals surface area contributed by atoms with Gasteiger partial charge in [-0.2, -0.15) is 18.3 Å². The number of aryl methyl sites for hydroxylation is 1. The minimum absolute atomic E-state index is 0.217. The summed E-state index contributed by atoms with van der Waals surface area (Å²) in [6.45, 7) is 5.42. The molecule has 0 bridgehead atoms. The number of rotatable bonds is 5. The minimum atomic E-state index is -4.50. The van der Waals surface area contributed by atoms with Crippen LogP contribution in [0.25, 0.3) is 0 Å². The van der Waals surface area contributed by atoms with Crippen molar-refractivity contribution in [2.24, 2.45) is 0 Å². The Labute approximate surface area is 126 Å². The number of hydrogen-bond acceptors (Lipinski definition) is 4. The van der Waals surface area contributed by atoms with Gasteiger partial charge in [0.1, 0.15) is 6.54 Å². The van der Waals surface area contributed by atoms with Gasteiger partial charge in [0.25, 0.3) is 0 Å². The Balaban J connectivity index is 1.78. The van der Waals surface area contributed by atoms with Gasteiger partial charge in [0.15, 0.2) is 5.69 Å². The standard InChI is InChI=1S/C13H19F3N4O2/c1-10-8-11(13(14,15)16)18-20(10)9-12(21)17-2-3-19-4-6-22-7-5-19/h8H,2-7,9H2,1H3,(H,17,21). The van der Waals surface area contributed by atoms with Crippen LogP contribution in [0.1, 0.15) is 11.4 Å². The molecule has 0 aliphatic carbocycles. The first-order valence-electron chi connectivity index (χ1n) is 7.05. The highest BCUT2D eigenvalue weighted by molar-refractivity contribution is 5.75. The van der Waals surface area contributed by atoms with Gasteiger partial charge in [0.05, 0.1) is 13.2 Å². The summed E-state index contributed by atoms with van der Waals surface area (Å²) in [6.07, 6.45) is -4.50. The van der Waals surface area contributed by atoms with Crippen LogP contribution < -0.4 is 5.32 Å². The first-order chi connectivity index (χ1) is 10.4. The molecule has 0 spiro atoms. The molecule has 0 atom stereocenters. The van der Waals surface area contributed by atoms with Gasteiger partial charge in [0, 0.05) is 31.9 Å². The molecular formula is C13H19F3N4O2. The zero-order valence-electron chi connectivity index (χ0n) is 12.3. The monoisotopic (exact) mass is 320 g/mol. The number of halogens is 3. The number of nitrogens with zero attached hydrogens (tertiary/aromatic N) is 3. The highest BCUT2D eigenvalue weighted by Crippen LogP contribution is 2.28. The van der Waals surface area contributed by atoms with Crippen LogP contribution in [0, 0.1) is 6.92 Å². The van der Waals surface area contributed by atoms with Crippen molar-refractivity contribution in [1.29, 1.82) is 0 Å². The number of amides is 1. The zero-order chi connectivity index (χ0) is 16.2. The number of aromatic nitrogens is 2. The number of hydrogen-bond donors (Lipinski definition) is 1. The van der Waals surface area contributed by atoms with E-state index in [0.29, 0.717) is 32.0 Å². The minimum Gasteiger partial charge on any atom is -0.379 e. The molecule has 1 aromatic rings. The van der Waals surface area contributed by atoms with Crippen LogP contribution in [0.5, 0.6) is 0 Å². The molecule has 0 aromatic carbocycles. The molecule has 1 aliphatic heterocycles. The van der Waals surface area contributed by atoms with E-state index in [4.69, 9.17) is 4.74 Å². The molecule has 1 N–H and O–H groups in total. The van der Waals surface area contributed by atoms with Gasteiger partial charge in [-0.15, -0.1) is 0 Å². The van der Waals surface area contributed by atoms with E-state index in [9.17, 15) is 18.0 Å². The molecule has 22 heavy (non-hydrogen) atoms. The molecule has 1 aliphatic rings. The Morgan fingerprint density at radius 3 is 2.68 bits per heavy atom. The lowest BCUT2D eigenvalue weighted by Crippen LogP contribution is -2.41. The molecule has 1 saturated heterocycles. The van der Waals surface area contributed by atoms with Gasteiger partial charge in [-0.3, -0.25) is 14.4 Å².